The summed E-state index contributed by atoms with van der Waals surface area (Å²) in [5.74, 6) is 1.60. The van der Waals surface area contributed by atoms with E-state index in [0.29, 0.717) is 11.6 Å². The molecule has 0 radical (unpaired) electrons. The van der Waals surface area contributed by atoms with Gasteiger partial charge in [-0.2, -0.15) is 0 Å². The minimum absolute atomic E-state index is 0.582. The van der Waals surface area contributed by atoms with Gasteiger partial charge in [-0.25, -0.2) is 0 Å². The third-order valence-corrected chi connectivity index (χ3v) is 4.32. The Kier molecular flexibility index (Phi) is 4.59. The predicted molar refractivity (Wildman–Crippen MR) is 76.7 cm³/mol. The fourth-order valence-corrected chi connectivity index (χ4v) is 2.86. The maximum atomic E-state index is 10.9. The second-order valence-corrected chi connectivity index (χ2v) is 5.52. The highest BCUT2D eigenvalue weighted by Crippen LogP contribution is 2.27. The molecule has 1 aromatic carbocycles. The lowest BCUT2D eigenvalue weighted by Crippen LogP contribution is -2.41. The van der Waals surface area contributed by atoms with Crippen LogP contribution in [0.4, 0.5) is 0 Å². The molecule has 1 fully saturated rings. The molecule has 0 aliphatic carbocycles. The van der Waals surface area contributed by atoms with E-state index in [9.17, 15) is 4.79 Å². The SMILES string of the molecule is COc1ccc(C=O)cc1CN1CCCC(C)C1C. The van der Waals surface area contributed by atoms with Crippen molar-refractivity contribution in [1.29, 1.82) is 0 Å². The van der Waals surface area contributed by atoms with Gasteiger partial charge in [0, 0.05) is 23.7 Å². The third kappa shape index (κ3) is 3.16. The van der Waals surface area contributed by atoms with Crippen LogP contribution in [0.3, 0.4) is 0 Å². The summed E-state index contributed by atoms with van der Waals surface area (Å²) in [4.78, 5) is 13.4. The smallest absolute Gasteiger partial charge is 0.150 e. The van der Waals surface area contributed by atoms with Crippen LogP contribution >= 0.6 is 0 Å². The quantitative estimate of drug-likeness (QED) is 0.780. The van der Waals surface area contributed by atoms with E-state index in [1.807, 2.05) is 12.1 Å². The van der Waals surface area contributed by atoms with Gasteiger partial charge in [0.05, 0.1) is 7.11 Å². The Labute approximate surface area is 115 Å². The molecule has 0 saturated carbocycles. The minimum Gasteiger partial charge on any atom is -0.496 e. The van der Waals surface area contributed by atoms with Crippen LogP contribution in [0.1, 0.15) is 42.6 Å². The van der Waals surface area contributed by atoms with E-state index in [2.05, 4.69) is 18.7 Å². The topological polar surface area (TPSA) is 29.5 Å². The number of methoxy groups -OCH3 is 1. The van der Waals surface area contributed by atoms with Crippen LogP contribution in [0, 0.1) is 5.92 Å². The van der Waals surface area contributed by atoms with Crippen molar-refractivity contribution < 1.29 is 9.53 Å². The molecule has 3 nitrogen and oxygen atoms in total. The van der Waals surface area contributed by atoms with Gasteiger partial charge in [0.25, 0.3) is 0 Å². The molecule has 1 aliphatic rings. The molecule has 0 amide bonds. The number of hydrogen-bond acceptors (Lipinski definition) is 3. The monoisotopic (exact) mass is 261 g/mol. The first kappa shape index (κ1) is 14.1. The van der Waals surface area contributed by atoms with Gasteiger partial charge in [0.15, 0.2) is 0 Å². The molecule has 2 atom stereocenters. The van der Waals surface area contributed by atoms with Crippen molar-refractivity contribution in [2.24, 2.45) is 5.92 Å². The second-order valence-electron chi connectivity index (χ2n) is 5.52. The van der Waals surface area contributed by atoms with Crippen molar-refractivity contribution in [2.75, 3.05) is 13.7 Å². The van der Waals surface area contributed by atoms with Gasteiger partial charge in [0.2, 0.25) is 0 Å². The normalized spacial score (nSPS) is 24.2. The molecule has 1 saturated heterocycles. The molecule has 0 bridgehead atoms. The maximum Gasteiger partial charge on any atom is 0.150 e. The maximum absolute atomic E-state index is 10.9. The Morgan fingerprint density at radius 1 is 1.42 bits per heavy atom. The van der Waals surface area contributed by atoms with E-state index in [4.69, 9.17) is 4.74 Å². The standard InChI is InChI=1S/C16H23NO2/c1-12-5-4-8-17(13(12)2)10-15-9-14(11-18)6-7-16(15)19-3/h6-7,9,11-13H,4-5,8,10H2,1-3H3. The van der Waals surface area contributed by atoms with Crippen LogP contribution in [0.5, 0.6) is 5.75 Å². The summed E-state index contributed by atoms with van der Waals surface area (Å²) in [6.07, 6.45) is 3.45. The molecular formula is C16H23NO2. The number of piperidine rings is 1. The van der Waals surface area contributed by atoms with Crippen LogP contribution in [0.2, 0.25) is 0 Å². The Bertz CT molecular complexity index is 444. The van der Waals surface area contributed by atoms with Crippen LogP contribution < -0.4 is 4.74 Å². The summed E-state index contributed by atoms with van der Waals surface area (Å²) in [6, 6.07) is 6.21. The predicted octanol–water partition coefficient (Wildman–Crippen LogP) is 3.13. The zero-order valence-electron chi connectivity index (χ0n) is 12.1. The number of ether oxygens (including phenoxy) is 1. The molecule has 19 heavy (non-hydrogen) atoms. The molecule has 0 spiro atoms. The summed E-state index contributed by atoms with van der Waals surface area (Å²) in [5.41, 5.74) is 1.82. The van der Waals surface area contributed by atoms with Crippen molar-refractivity contribution in [2.45, 2.75) is 39.3 Å². The van der Waals surface area contributed by atoms with Crippen molar-refractivity contribution in [1.82, 2.24) is 4.90 Å². The van der Waals surface area contributed by atoms with Gasteiger partial charge >= 0.3 is 0 Å². The van der Waals surface area contributed by atoms with E-state index in [-0.39, 0.29) is 0 Å². The van der Waals surface area contributed by atoms with Crippen molar-refractivity contribution in [3.63, 3.8) is 0 Å². The fraction of sp³-hybridized carbons (Fsp3) is 0.562. The molecule has 2 rings (SSSR count). The Hall–Kier alpha value is -1.35. The Morgan fingerprint density at radius 3 is 2.89 bits per heavy atom. The number of hydrogen-bond donors (Lipinski definition) is 0. The van der Waals surface area contributed by atoms with Gasteiger partial charge in [-0.3, -0.25) is 9.69 Å². The molecule has 0 N–H and O–H groups in total. The number of benzene rings is 1. The fourth-order valence-electron chi connectivity index (χ4n) is 2.86. The van der Waals surface area contributed by atoms with E-state index in [1.54, 1.807) is 13.2 Å². The second kappa shape index (κ2) is 6.20. The molecule has 1 aliphatic heterocycles. The van der Waals surface area contributed by atoms with Gasteiger partial charge < -0.3 is 4.74 Å². The van der Waals surface area contributed by atoms with Crippen LogP contribution in [-0.4, -0.2) is 30.9 Å². The zero-order valence-corrected chi connectivity index (χ0v) is 12.1. The summed E-state index contributed by atoms with van der Waals surface area (Å²) < 4.78 is 5.41. The lowest BCUT2D eigenvalue weighted by atomic mass is 9.91. The van der Waals surface area contributed by atoms with Crippen LogP contribution in [0.15, 0.2) is 18.2 Å². The summed E-state index contributed by atoms with van der Waals surface area (Å²) >= 11 is 0. The van der Waals surface area contributed by atoms with E-state index in [1.165, 1.54) is 12.8 Å². The molecule has 104 valence electrons. The molecule has 0 aromatic heterocycles. The number of likely N-dealkylation sites (tertiary alicyclic amines) is 1. The van der Waals surface area contributed by atoms with Crippen molar-refractivity contribution in [3.05, 3.63) is 29.3 Å². The largest absolute Gasteiger partial charge is 0.496 e. The first-order valence-corrected chi connectivity index (χ1v) is 7.02. The molecule has 1 heterocycles. The molecule has 3 heteroatoms. The Balaban J connectivity index is 2.19. The van der Waals surface area contributed by atoms with Crippen LogP contribution in [0.25, 0.3) is 0 Å². The average molecular weight is 261 g/mol. The number of carbonyl (C=O) groups excluding carboxylic acids is 1. The summed E-state index contributed by atoms with van der Waals surface area (Å²) in [6.45, 7) is 6.59. The van der Waals surface area contributed by atoms with Gasteiger partial charge in [0.1, 0.15) is 12.0 Å². The highest BCUT2D eigenvalue weighted by atomic mass is 16.5. The molecule has 1 aromatic rings. The van der Waals surface area contributed by atoms with Crippen LogP contribution in [-0.2, 0) is 6.54 Å². The minimum atomic E-state index is 0.582. The van der Waals surface area contributed by atoms with Crippen molar-refractivity contribution >= 4 is 6.29 Å². The number of nitrogens with zero attached hydrogens (tertiary/aromatic N) is 1. The lowest BCUT2D eigenvalue weighted by Gasteiger charge is -2.38. The summed E-state index contributed by atoms with van der Waals surface area (Å²) in [5, 5.41) is 0. The zero-order chi connectivity index (χ0) is 13.8. The third-order valence-electron chi connectivity index (χ3n) is 4.32. The first-order valence-electron chi connectivity index (χ1n) is 7.02. The van der Waals surface area contributed by atoms with Gasteiger partial charge in [-0.1, -0.05) is 6.92 Å². The molecule has 2 unspecified atom stereocenters. The highest BCUT2D eigenvalue weighted by molar-refractivity contribution is 5.75. The number of rotatable bonds is 4. The van der Waals surface area contributed by atoms with Gasteiger partial charge in [-0.05, 0) is 50.4 Å². The first-order chi connectivity index (χ1) is 9.15. The van der Waals surface area contributed by atoms with E-state index >= 15 is 0 Å². The highest BCUT2D eigenvalue weighted by Gasteiger charge is 2.25. The van der Waals surface area contributed by atoms with E-state index in [0.717, 1.165) is 36.6 Å². The summed E-state index contributed by atoms with van der Waals surface area (Å²) in [7, 11) is 1.68. The number of carbonyl (C=O) groups is 1. The Morgan fingerprint density at radius 2 is 2.21 bits per heavy atom. The lowest BCUT2D eigenvalue weighted by molar-refractivity contribution is 0.105. The molecular weight excluding hydrogens is 238 g/mol. The van der Waals surface area contributed by atoms with Gasteiger partial charge in [-0.15, -0.1) is 0 Å². The van der Waals surface area contributed by atoms with E-state index < -0.39 is 0 Å². The average Bonchev–Trinajstić information content (AvgIpc) is 2.43. The van der Waals surface area contributed by atoms with Crippen molar-refractivity contribution in [3.8, 4) is 5.75 Å². The number of aldehydes is 1.